The number of imide groups is 1. The number of primary amides is 1. The molecule has 2 aromatic carbocycles. The van der Waals surface area contributed by atoms with Crippen LogP contribution in [0.1, 0.15) is 24.0 Å². The maximum absolute atomic E-state index is 13.5. The summed E-state index contributed by atoms with van der Waals surface area (Å²) < 4.78 is 16.5. The number of piperidine rings is 1. The minimum Gasteiger partial charge on any atom is -0.493 e. The molecule has 190 valence electrons. The molecule has 3 aliphatic rings. The number of methoxy groups -OCH3 is 1. The van der Waals surface area contributed by atoms with Gasteiger partial charge in [-0.15, -0.1) is 0 Å². The number of carbonyl (C=O) groups is 3. The Bertz CT molecular complexity index is 1160. The standard InChI is InChI=1S/C26H30N4O6/c1-34-20-13-19(14-21-23(20)36-17-35-21)15-28-11-8-26(9-12-28)24(32)29(16-22(27)31)25(33)30(26)10-7-18-5-3-2-4-6-18/h2-6,13-14H,7-12,15-17H2,1H3,(H2,27,31). The summed E-state index contributed by atoms with van der Waals surface area (Å²) in [4.78, 5) is 43.3. The maximum Gasteiger partial charge on any atom is 0.328 e. The van der Waals surface area contributed by atoms with Gasteiger partial charge in [-0.1, -0.05) is 30.3 Å². The second-order valence-corrected chi connectivity index (χ2v) is 9.37. The molecule has 0 aliphatic carbocycles. The summed E-state index contributed by atoms with van der Waals surface area (Å²) in [5.41, 5.74) is 6.48. The number of rotatable bonds is 8. The molecule has 0 radical (unpaired) electrons. The highest BCUT2D eigenvalue weighted by molar-refractivity contribution is 6.09. The normalized spacial score (nSPS) is 18.8. The first kappa shape index (κ1) is 23.9. The van der Waals surface area contributed by atoms with Crippen LogP contribution < -0.4 is 19.9 Å². The van der Waals surface area contributed by atoms with E-state index in [0.717, 1.165) is 16.0 Å². The molecule has 2 fully saturated rings. The van der Waals surface area contributed by atoms with Gasteiger partial charge in [0.15, 0.2) is 11.5 Å². The molecule has 2 N–H and O–H groups in total. The van der Waals surface area contributed by atoms with Crippen LogP contribution in [0.5, 0.6) is 17.2 Å². The molecule has 3 aliphatic heterocycles. The molecular formula is C26H30N4O6. The Morgan fingerprint density at radius 1 is 1.08 bits per heavy atom. The van der Waals surface area contributed by atoms with Gasteiger partial charge in [-0.2, -0.15) is 0 Å². The van der Waals surface area contributed by atoms with E-state index in [1.165, 1.54) is 0 Å². The van der Waals surface area contributed by atoms with Gasteiger partial charge in [-0.3, -0.25) is 19.4 Å². The lowest BCUT2D eigenvalue weighted by Crippen LogP contribution is -2.56. The first-order valence-electron chi connectivity index (χ1n) is 12.1. The van der Waals surface area contributed by atoms with Crippen molar-refractivity contribution in [2.75, 3.05) is 40.1 Å². The molecule has 0 atom stereocenters. The third-order valence-corrected chi connectivity index (χ3v) is 7.21. The summed E-state index contributed by atoms with van der Waals surface area (Å²) in [5.74, 6) is 0.857. The number of nitrogens with two attached hydrogens (primary N) is 1. The van der Waals surface area contributed by atoms with Gasteiger partial charge in [0.2, 0.25) is 18.4 Å². The second-order valence-electron chi connectivity index (χ2n) is 9.37. The first-order chi connectivity index (χ1) is 17.4. The molecule has 5 rings (SSSR count). The average Bonchev–Trinajstić information content (AvgIpc) is 3.42. The lowest BCUT2D eigenvalue weighted by molar-refractivity contribution is -0.137. The van der Waals surface area contributed by atoms with Gasteiger partial charge < -0.3 is 24.8 Å². The number of benzene rings is 2. The van der Waals surface area contributed by atoms with E-state index < -0.39 is 24.0 Å². The van der Waals surface area contributed by atoms with Gasteiger partial charge in [0.25, 0.3) is 5.91 Å². The Morgan fingerprint density at radius 2 is 1.83 bits per heavy atom. The maximum atomic E-state index is 13.5. The Morgan fingerprint density at radius 3 is 2.53 bits per heavy atom. The number of urea groups is 1. The minimum atomic E-state index is -0.968. The van der Waals surface area contributed by atoms with Gasteiger partial charge in [0.05, 0.1) is 7.11 Å². The van der Waals surface area contributed by atoms with Crippen molar-refractivity contribution in [3.63, 3.8) is 0 Å². The summed E-state index contributed by atoms with van der Waals surface area (Å²) in [6.45, 7) is 2.02. The number of carbonyl (C=O) groups excluding carboxylic acids is 3. The van der Waals surface area contributed by atoms with Crippen molar-refractivity contribution in [2.24, 2.45) is 5.73 Å². The van der Waals surface area contributed by atoms with Crippen LogP contribution in [-0.4, -0.2) is 78.2 Å². The Kier molecular flexibility index (Phi) is 6.44. The molecule has 10 nitrogen and oxygen atoms in total. The van der Waals surface area contributed by atoms with Crippen molar-refractivity contribution in [1.82, 2.24) is 14.7 Å². The van der Waals surface area contributed by atoms with E-state index in [9.17, 15) is 14.4 Å². The molecule has 4 amide bonds. The lowest BCUT2D eigenvalue weighted by atomic mass is 9.85. The van der Waals surface area contributed by atoms with E-state index in [1.54, 1.807) is 12.0 Å². The van der Waals surface area contributed by atoms with Crippen LogP contribution in [0.2, 0.25) is 0 Å². The van der Waals surface area contributed by atoms with Crippen molar-refractivity contribution in [3.05, 3.63) is 53.6 Å². The monoisotopic (exact) mass is 494 g/mol. The zero-order chi connectivity index (χ0) is 25.3. The summed E-state index contributed by atoms with van der Waals surface area (Å²) in [7, 11) is 1.59. The summed E-state index contributed by atoms with van der Waals surface area (Å²) >= 11 is 0. The molecule has 0 unspecified atom stereocenters. The van der Waals surface area contributed by atoms with E-state index in [0.29, 0.717) is 62.7 Å². The smallest absolute Gasteiger partial charge is 0.328 e. The van der Waals surface area contributed by atoms with E-state index >= 15 is 0 Å². The number of nitrogens with zero attached hydrogens (tertiary/aromatic N) is 3. The molecule has 0 bridgehead atoms. The number of likely N-dealkylation sites (tertiary alicyclic amines) is 1. The molecule has 10 heteroatoms. The van der Waals surface area contributed by atoms with Crippen LogP contribution in [0.25, 0.3) is 0 Å². The SMILES string of the molecule is COc1cc(CN2CCC3(CC2)C(=O)N(CC(N)=O)C(=O)N3CCc2ccccc2)cc2c1OCO2. The van der Waals surface area contributed by atoms with Gasteiger partial charge in [-0.05, 0) is 42.5 Å². The predicted octanol–water partition coefficient (Wildman–Crippen LogP) is 1.75. The van der Waals surface area contributed by atoms with Gasteiger partial charge in [-0.25, -0.2) is 4.79 Å². The van der Waals surface area contributed by atoms with Crippen molar-refractivity contribution in [3.8, 4) is 17.2 Å². The molecule has 0 aromatic heterocycles. The highest BCUT2D eigenvalue weighted by atomic mass is 16.7. The Labute approximate surface area is 209 Å². The Balaban J connectivity index is 1.32. The minimum absolute atomic E-state index is 0.165. The zero-order valence-corrected chi connectivity index (χ0v) is 20.3. The summed E-state index contributed by atoms with van der Waals surface area (Å²) in [5, 5.41) is 0. The molecular weight excluding hydrogens is 464 g/mol. The fourth-order valence-corrected chi connectivity index (χ4v) is 5.37. The number of amides is 4. The van der Waals surface area contributed by atoms with E-state index in [2.05, 4.69) is 4.90 Å². The van der Waals surface area contributed by atoms with Crippen molar-refractivity contribution < 1.29 is 28.6 Å². The molecule has 2 saturated heterocycles. The van der Waals surface area contributed by atoms with Crippen molar-refractivity contribution >= 4 is 17.8 Å². The summed E-state index contributed by atoms with van der Waals surface area (Å²) in [6.07, 6.45) is 1.57. The van der Waals surface area contributed by atoms with Gasteiger partial charge in [0, 0.05) is 26.2 Å². The van der Waals surface area contributed by atoms with Crippen LogP contribution in [0.4, 0.5) is 4.79 Å². The quantitative estimate of drug-likeness (QED) is 0.556. The third kappa shape index (κ3) is 4.32. The van der Waals surface area contributed by atoms with E-state index in [1.807, 2.05) is 42.5 Å². The highest BCUT2D eigenvalue weighted by Gasteiger charge is 2.57. The van der Waals surface area contributed by atoms with Gasteiger partial charge >= 0.3 is 6.03 Å². The topological polar surface area (TPSA) is 115 Å². The van der Waals surface area contributed by atoms with E-state index in [-0.39, 0.29) is 12.7 Å². The van der Waals surface area contributed by atoms with Crippen molar-refractivity contribution in [1.29, 1.82) is 0 Å². The Hall–Kier alpha value is -3.79. The molecule has 0 saturated carbocycles. The molecule has 36 heavy (non-hydrogen) atoms. The largest absolute Gasteiger partial charge is 0.493 e. The van der Waals surface area contributed by atoms with Gasteiger partial charge in [0.1, 0.15) is 12.1 Å². The van der Waals surface area contributed by atoms with E-state index in [4.69, 9.17) is 19.9 Å². The lowest BCUT2D eigenvalue weighted by Gasteiger charge is -2.42. The number of fused-ring (bicyclic) bond motifs is 1. The average molecular weight is 495 g/mol. The van der Waals surface area contributed by atoms with Crippen LogP contribution in [0, 0.1) is 0 Å². The fourth-order valence-electron chi connectivity index (χ4n) is 5.37. The van der Waals surface area contributed by atoms with Crippen molar-refractivity contribution in [2.45, 2.75) is 31.3 Å². The molecule has 2 aromatic rings. The molecule has 3 heterocycles. The fraction of sp³-hybridized carbons (Fsp3) is 0.423. The first-order valence-corrected chi connectivity index (χ1v) is 12.1. The van der Waals surface area contributed by atoms with Crippen LogP contribution >= 0.6 is 0 Å². The van der Waals surface area contributed by atoms with Crippen LogP contribution in [0.15, 0.2) is 42.5 Å². The number of ether oxygens (including phenoxy) is 3. The zero-order valence-electron chi connectivity index (χ0n) is 20.3. The second kappa shape index (κ2) is 9.69. The predicted molar refractivity (Wildman–Crippen MR) is 130 cm³/mol. The summed E-state index contributed by atoms with van der Waals surface area (Å²) in [6, 6.07) is 13.3. The number of hydrogen-bond donors (Lipinski definition) is 1. The highest BCUT2D eigenvalue weighted by Crippen LogP contribution is 2.43. The van der Waals surface area contributed by atoms with Crippen LogP contribution in [-0.2, 0) is 22.6 Å². The van der Waals surface area contributed by atoms with Crippen LogP contribution in [0.3, 0.4) is 0 Å². The molecule has 1 spiro atoms. The number of hydrogen-bond acceptors (Lipinski definition) is 7. The third-order valence-electron chi connectivity index (χ3n) is 7.21.